The lowest BCUT2D eigenvalue weighted by Crippen LogP contribution is -2.33. The lowest BCUT2D eigenvalue weighted by Gasteiger charge is -2.35. The van der Waals surface area contributed by atoms with Crippen molar-refractivity contribution in [3.63, 3.8) is 0 Å². The van der Waals surface area contributed by atoms with Gasteiger partial charge in [0.05, 0.1) is 18.8 Å². The van der Waals surface area contributed by atoms with E-state index in [1.165, 1.54) is 7.11 Å². The normalized spacial score (nSPS) is 31.1. The Morgan fingerprint density at radius 1 is 1.44 bits per heavy atom. The number of methoxy groups -OCH3 is 1. The molecule has 1 aliphatic carbocycles. The number of halogens is 1. The number of esters is 1. The number of hydrogen-bond acceptors (Lipinski definition) is 4. The van der Waals surface area contributed by atoms with Gasteiger partial charge in [-0.15, -0.1) is 0 Å². The van der Waals surface area contributed by atoms with Crippen molar-refractivity contribution in [1.82, 2.24) is 0 Å². The minimum Gasteiger partial charge on any atom is -0.469 e. The number of ether oxygens (including phenoxy) is 1. The van der Waals surface area contributed by atoms with Crippen LogP contribution in [0.3, 0.4) is 0 Å². The zero-order chi connectivity index (χ0) is 12.4. The third-order valence-corrected chi connectivity index (χ3v) is 4.62. The lowest BCUT2D eigenvalue weighted by molar-refractivity contribution is -0.147. The van der Waals surface area contributed by atoms with Gasteiger partial charge in [0.25, 0.3) is 0 Å². The summed E-state index contributed by atoms with van der Waals surface area (Å²) in [5, 5.41) is 0. The molecule has 0 amide bonds. The van der Waals surface area contributed by atoms with Crippen LogP contribution >= 0.6 is 10.7 Å². The second-order valence-corrected chi connectivity index (χ2v) is 7.57. The van der Waals surface area contributed by atoms with Crippen LogP contribution in [0.5, 0.6) is 0 Å². The second-order valence-electron chi connectivity index (χ2n) is 4.79. The van der Waals surface area contributed by atoms with E-state index in [1.54, 1.807) is 0 Å². The molecule has 4 nitrogen and oxygen atoms in total. The minimum absolute atomic E-state index is 0.0184. The van der Waals surface area contributed by atoms with E-state index in [1.807, 2.05) is 6.92 Å². The van der Waals surface area contributed by atoms with E-state index < -0.39 is 9.05 Å². The third kappa shape index (κ3) is 3.94. The molecule has 0 unspecified atom stereocenters. The molecule has 0 heterocycles. The van der Waals surface area contributed by atoms with E-state index in [0.717, 1.165) is 0 Å². The summed E-state index contributed by atoms with van der Waals surface area (Å²) in [5.41, 5.74) is -0.300. The third-order valence-electron chi connectivity index (χ3n) is 3.25. The topological polar surface area (TPSA) is 60.4 Å². The molecule has 16 heavy (non-hydrogen) atoms. The Kier molecular flexibility index (Phi) is 4.23. The Hall–Kier alpha value is -0.290. The first-order valence-corrected chi connectivity index (χ1v) is 7.74. The average molecular weight is 269 g/mol. The van der Waals surface area contributed by atoms with Gasteiger partial charge < -0.3 is 4.74 Å². The molecule has 6 heteroatoms. The van der Waals surface area contributed by atoms with E-state index in [9.17, 15) is 13.2 Å². The molecule has 1 rings (SSSR count). The molecular formula is C10H17ClO4S. The molecule has 0 atom stereocenters. The van der Waals surface area contributed by atoms with Gasteiger partial charge in [-0.05, 0) is 31.1 Å². The van der Waals surface area contributed by atoms with Crippen LogP contribution in [-0.2, 0) is 18.6 Å². The Morgan fingerprint density at radius 3 is 2.31 bits per heavy atom. The van der Waals surface area contributed by atoms with Crippen LogP contribution in [0, 0.1) is 11.3 Å². The molecule has 0 saturated heterocycles. The number of carbonyl (C=O) groups excluding carboxylic acids is 1. The van der Waals surface area contributed by atoms with Crippen molar-refractivity contribution in [3.05, 3.63) is 0 Å². The standard InChI is InChI=1S/C10H17ClO4S/c1-10(7-16(11,13)14)5-3-8(4-6-10)9(12)15-2/h8H,3-7H2,1-2H3. The molecule has 94 valence electrons. The van der Waals surface area contributed by atoms with Crippen molar-refractivity contribution in [2.75, 3.05) is 12.9 Å². The molecule has 1 aliphatic rings. The van der Waals surface area contributed by atoms with Crippen LogP contribution in [-0.4, -0.2) is 27.2 Å². The maximum atomic E-state index is 11.3. The molecule has 0 N–H and O–H groups in total. The fourth-order valence-corrected chi connectivity index (χ4v) is 4.19. The highest BCUT2D eigenvalue weighted by atomic mass is 35.7. The van der Waals surface area contributed by atoms with E-state index in [-0.39, 0.29) is 23.1 Å². The summed E-state index contributed by atoms with van der Waals surface area (Å²) < 4.78 is 26.8. The predicted molar refractivity (Wildman–Crippen MR) is 61.7 cm³/mol. The SMILES string of the molecule is COC(=O)C1CCC(C)(CS(=O)(=O)Cl)CC1. The largest absolute Gasteiger partial charge is 0.469 e. The van der Waals surface area contributed by atoms with Gasteiger partial charge in [-0.25, -0.2) is 8.42 Å². The van der Waals surface area contributed by atoms with E-state index >= 15 is 0 Å². The van der Waals surface area contributed by atoms with Crippen LogP contribution < -0.4 is 0 Å². The van der Waals surface area contributed by atoms with Crippen LogP contribution in [0.15, 0.2) is 0 Å². The number of carbonyl (C=O) groups is 1. The second kappa shape index (κ2) is 4.92. The molecule has 1 saturated carbocycles. The van der Waals surface area contributed by atoms with Gasteiger partial charge in [0.2, 0.25) is 9.05 Å². The van der Waals surface area contributed by atoms with E-state index in [2.05, 4.69) is 4.74 Å². The monoisotopic (exact) mass is 268 g/mol. The van der Waals surface area contributed by atoms with Gasteiger partial charge in [0.15, 0.2) is 0 Å². The van der Waals surface area contributed by atoms with Crippen molar-refractivity contribution in [1.29, 1.82) is 0 Å². The van der Waals surface area contributed by atoms with Crippen molar-refractivity contribution in [2.24, 2.45) is 11.3 Å². The van der Waals surface area contributed by atoms with Crippen LogP contribution in [0.4, 0.5) is 0 Å². The van der Waals surface area contributed by atoms with Gasteiger partial charge >= 0.3 is 5.97 Å². The Morgan fingerprint density at radius 2 is 1.94 bits per heavy atom. The summed E-state index contributed by atoms with van der Waals surface area (Å²) in [6.45, 7) is 1.90. The number of rotatable bonds is 3. The summed E-state index contributed by atoms with van der Waals surface area (Å²) in [6, 6.07) is 0. The summed E-state index contributed by atoms with van der Waals surface area (Å²) in [6.07, 6.45) is 2.74. The summed E-state index contributed by atoms with van der Waals surface area (Å²) >= 11 is 0. The van der Waals surface area contributed by atoms with Crippen molar-refractivity contribution in [2.45, 2.75) is 32.6 Å². The molecule has 0 aromatic rings. The van der Waals surface area contributed by atoms with Gasteiger partial charge in [-0.2, -0.15) is 0 Å². The summed E-state index contributed by atoms with van der Waals surface area (Å²) in [4.78, 5) is 11.3. The van der Waals surface area contributed by atoms with Gasteiger partial charge in [-0.1, -0.05) is 6.92 Å². The van der Waals surface area contributed by atoms with Crippen molar-refractivity contribution >= 4 is 25.7 Å². The van der Waals surface area contributed by atoms with E-state index in [0.29, 0.717) is 25.7 Å². The molecule has 0 aromatic heterocycles. The fourth-order valence-electron chi connectivity index (χ4n) is 2.28. The van der Waals surface area contributed by atoms with E-state index in [4.69, 9.17) is 10.7 Å². The summed E-state index contributed by atoms with van der Waals surface area (Å²) in [7, 11) is 3.17. The Labute approximate surface area is 101 Å². The molecule has 0 aromatic carbocycles. The molecule has 1 fully saturated rings. The van der Waals surface area contributed by atoms with Crippen molar-refractivity contribution < 1.29 is 17.9 Å². The molecule has 0 bridgehead atoms. The molecule has 0 radical (unpaired) electrons. The first kappa shape index (κ1) is 13.8. The smallest absolute Gasteiger partial charge is 0.308 e. The minimum atomic E-state index is -3.47. The Bertz CT molecular complexity index is 355. The first-order chi connectivity index (χ1) is 7.26. The zero-order valence-corrected chi connectivity index (χ0v) is 11.1. The maximum Gasteiger partial charge on any atom is 0.308 e. The average Bonchev–Trinajstić information content (AvgIpc) is 2.14. The van der Waals surface area contributed by atoms with Crippen LogP contribution in [0.25, 0.3) is 0 Å². The molecule has 0 spiro atoms. The first-order valence-electron chi connectivity index (χ1n) is 5.26. The van der Waals surface area contributed by atoms with Gasteiger partial charge in [0, 0.05) is 10.7 Å². The Balaban J connectivity index is 2.57. The van der Waals surface area contributed by atoms with Crippen molar-refractivity contribution in [3.8, 4) is 0 Å². The van der Waals surface area contributed by atoms with Gasteiger partial charge in [0.1, 0.15) is 0 Å². The predicted octanol–water partition coefficient (Wildman–Crippen LogP) is 1.92. The zero-order valence-electron chi connectivity index (χ0n) is 9.53. The highest BCUT2D eigenvalue weighted by Crippen LogP contribution is 2.40. The highest BCUT2D eigenvalue weighted by molar-refractivity contribution is 8.13. The highest BCUT2D eigenvalue weighted by Gasteiger charge is 2.37. The number of hydrogen-bond donors (Lipinski definition) is 0. The summed E-state index contributed by atoms with van der Waals surface area (Å²) in [5.74, 6) is -0.304. The molecular weight excluding hydrogens is 252 g/mol. The van der Waals surface area contributed by atoms with Crippen LogP contribution in [0.1, 0.15) is 32.6 Å². The van der Waals surface area contributed by atoms with Gasteiger partial charge in [-0.3, -0.25) is 4.79 Å². The fraction of sp³-hybridized carbons (Fsp3) is 0.900. The lowest BCUT2D eigenvalue weighted by atomic mass is 9.73. The maximum absolute atomic E-state index is 11.3. The molecule has 0 aliphatic heterocycles. The quantitative estimate of drug-likeness (QED) is 0.580. The van der Waals surface area contributed by atoms with Crippen LogP contribution in [0.2, 0.25) is 0 Å².